The van der Waals surface area contributed by atoms with Gasteiger partial charge >= 0.3 is 0 Å². The summed E-state index contributed by atoms with van der Waals surface area (Å²) >= 11 is 0. The summed E-state index contributed by atoms with van der Waals surface area (Å²) in [7, 11) is -0.846. The molecule has 8 heteroatoms. The van der Waals surface area contributed by atoms with Crippen LogP contribution < -0.4 is 14.2 Å². The zero-order valence-corrected chi connectivity index (χ0v) is 15.4. The Morgan fingerprint density at radius 3 is 2.42 bits per heavy atom. The Balaban J connectivity index is 1.96. The Kier molecular flexibility index (Phi) is 4.85. The molecule has 0 aliphatic carbocycles. The third kappa shape index (κ3) is 3.50. The molecule has 0 amide bonds. The number of aryl methyl sites for hydroxylation is 1. The fourth-order valence-corrected chi connectivity index (χ4v) is 3.74. The number of para-hydroxylation sites is 1. The minimum atomic E-state index is -3.84. The Morgan fingerprint density at radius 1 is 1.04 bits per heavy atom. The molecule has 3 aromatic rings. The van der Waals surface area contributed by atoms with E-state index in [1.807, 2.05) is 30.3 Å². The Morgan fingerprint density at radius 2 is 1.77 bits per heavy atom. The van der Waals surface area contributed by atoms with Crippen LogP contribution in [0.25, 0.3) is 5.69 Å². The van der Waals surface area contributed by atoms with E-state index in [4.69, 9.17) is 9.47 Å². The highest BCUT2D eigenvalue weighted by Crippen LogP contribution is 2.31. The molecule has 2 aromatic carbocycles. The number of nitrogens with zero attached hydrogens (tertiary/aromatic N) is 2. The lowest BCUT2D eigenvalue weighted by atomic mass is 10.3. The van der Waals surface area contributed by atoms with Crippen molar-refractivity contribution in [2.75, 3.05) is 18.9 Å². The molecule has 3 rings (SSSR count). The average molecular weight is 373 g/mol. The van der Waals surface area contributed by atoms with Gasteiger partial charge in [-0.1, -0.05) is 18.2 Å². The molecule has 0 saturated heterocycles. The van der Waals surface area contributed by atoms with Crippen molar-refractivity contribution >= 4 is 15.7 Å². The van der Waals surface area contributed by atoms with Crippen LogP contribution in [0.1, 0.15) is 5.69 Å². The van der Waals surface area contributed by atoms with Gasteiger partial charge in [-0.05, 0) is 31.2 Å². The zero-order valence-electron chi connectivity index (χ0n) is 14.6. The highest BCUT2D eigenvalue weighted by Gasteiger charge is 2.22. The maximum Gasteiger partial charge on any atom is 0.265 e. The summed E-state index contributed by atoms with van der Waals surface area (Å²) in [5.74, 6) is 0.930. The van der Waals surface area contributed by atoms with E-state index < -0.39 is 10.0 Å². The first-order valence-corrected chi connectivity index (χ1v) is 9.29. The van der Waals surface area contributed by atoms with Crippen molar-refractivity contribution in [3.63, 3.8) is 0 Å². The minimum Gasteiger partial charge on any atom is -0.497 e. The van der Waals surface area contributed by atoms with Crippen molar-refractivity contribution < 1.29 is 17.9 Å². The number of aromatic nitrogens is 2. The van der Waals surface area contributed by atoms with Gasteiger partial charge in [0.15, 0.2) is 0 Å². The molecule has 0 aliphatic rings. The molecule has 0 spiro atoms. The van der Waals surface area contributed by atoms with Gasteiger partial charge < -0.3 is 9.47 Å². The maximum absolute atomic E-state index is 12.8. The smallest absolute Gasteiger partial charge is 0.265 e. The van der Waals surface area contributed by atoms with E-state index in [1.165, 1.54) is 25.1 Å². The van der Waals surface area contributed by atoms with E-state index in [-0.39, 0.29) is 4.90 Å². The highest BCUT2D eigenvalue weighted by atomic mass is 32.2. The molecule has 1 heterocycles. The summed E-state index contributed by atoms with van der Waals surface area (Å²) in [6.07, 6.45) is 1.49. The standard InChI is InChI=1S/C18H19N3O4S/c1-13-18(12-21(19-13)14-7-5-4-6-8-14)26(22,23)20-16-10-9-15(24-2)11-17(16)25-3/h4-12,20H,1-3H3. The van der Waals surface area contributed by atoms with E-state index in [9.17, 15) is 8.42 Å². The number of methoxy groups -OCH3 is 2. The second-order valence-corrected chi connectivity index (χ2v) is 7.18. The SMILES string of the molecule is COc1ccc(NS(=O)(=O)c2cn(-c3ccccc3)nc2C)c(OC)c1. The lowest BCUT2D eigenvalue weighted by molar-refractivity contribution is 0.395. The quantitative estimate of drug-likeness (QED) is 0.718. The number of benzene rings is 2. The number of nitrogens with one attached hydrogen (secondary N) is 1. The van der Waals surface area contributed by atoms with Crippen molar-refractivity contribution in [2.24, 2.45) is 0 Å². The van der Waals surface area contributed by atoms with Gasteiger partial charge in [0.2, 0.25) is 0 Å². The van der Waals surface area contributed by atoms with Crippen LogP contribution in [0.3, 0.4) is 0 Å². The number of ether oxygens (including phenoxy) is 2. The lowest BCUT2D eigenvalue weighted by Gasteiger charge is -2.12. The predicted molar refractivity (Wildman–Crippen MR) is 98.7 cm³/mol. The van der Waals surface area contributed by atoms with Gasteiger partial charge in [-0.15, -0.1) is 0 Å². The van der Waals surface area contributed by atoms with Crippen LogP contribution in [0.4, 0.5) is 5.69 Å². The first-order chi connectivity index (χ1) is 12.4. The summed E-state index contributed by atoms with van der Waals surface area (Å²) in [5, 5.41) is 4.31. The van der Waals surface area contributed by atoms with Crippen LogP contribution in [0.5, 0.6) is 11.5 Å². The first kappa shape index (κ1) is 17.8. The molecule has 136 valence electrons. The fraction of sp³-hybridized carbons (Fsp3) is 0.167. The van der Waals surface area contributed by atoms with Crippen LogP contribution in [-0.4, -0.2) is 32.4 Å². The summed E-state index contributed by atoms with van der Waals surface area (Å²) in [6, 6.07) is 14.2. The van der Waals surface area contributed by atoms with E-state index in [2.05, 4.69) is 9.82 Å². The number of rotatable bonds is 6. The third-order valence-electron chi connectivity index (χ3n) is 3.82. The molecule has 0 radical (unpaired) electrons. The second-order valence-electron chi connectivity index (χ2n) is 5.53. The van der Waals surface area contributed by atoms with Crippen LogP contribution in [0.15, 0.2) is 59.6 Å². The molecule has 0 atom stereocenters. The lowest BCUT2D eigenvalue weighted by Crippen LogP contribution is -2.14. The van der Waals surface area contributed by atoms with Gasteiger partial charge in [-0.2, -0.15) is 5.10 Å². The molecule has 0 aliphatic heterocycles. The van der Waals surface area contributed by atoms with Gasteiger partial charge in [0.05, 0.1) is 37.5 Å². The van der Waals surface area contributed by atoms with Crippen molar-refractivity contribution in [1.29, 1.82) is 0 Å². The molecule has 0 fully saturated rings. The van der Waals surface area contributed by atoms with E-state index in [1.54, 1.807) is 25.1 Å². The van der Waals surface area contributed by atoms with Gasteiger partial charge in [-0.25, -0.2) is 13.1 Å². The van der Waals surface area contributed by atoms with Crippen molar-refractivity contribution in [1.82, 2.24) is 9.78 Å². The van der Waals surface area contributed by atoms with E-state index in [0.717, 1.165) is 5.69 Å². The molecule has 0 bridgehead atoms. The van der Waals surface area contributed by atoms with Crippen molar-refractivity contribution in [3.05, 3.63) is 60.4 Å². The second kappa shape index (κ2) is 7.09. The molecule has 26 heavy (non-hydrogen) atoms. The molecule has 1 N–H and O–H groups in total. The van der Waals surface area contributed by atoms with Crippen LogP contribution in [0, 0.1) is 6.92 Å². The van der Waals surface area contributed by atoms with Crippen molar-refractivity contribution in [3.8, 4) is 17.2 Å². The average Bonchev–Trinajstić information content (AvgIpc) is 3.05. The van der Waals surface area contributed by atoms with Crippen LogP contribution in [0.2, 0.25) is 0 Å². The molecular weight excluding hydrogens is 354 g/mol. The summed E-state index contributed by atoms with van der Waals surface area (Å²) in [4.78, 5) is 0.0965. The first-order valence-electron chi connectivity index (χ1n) is 7.81. The molecule has 0 unspecified atom stereocenters. The third-order valence-corrected chi connectivity index (χ3v) is 5.29. The van der Waals surface area contributed by atoms with Gasteiger partial charge in [0.25, 0.3) is 10.0 Å². The minimum absolute atomic E-state index is 0.0965. The Hall–Kier alpha value is -3.00. The van der Waals surface area contributed by atoms with Crippen molar-refractivity contribution in [2.45, 2.75) is 11.8 Å². The topological polar surface area (TPSA) is 82.5 Å². The molecule has 0 saturated carbocycles. The van der Waals surface area contributed by atoms with Crippen LogP contribution in [-0.2, 0) is 10.0 Å². The molecular formula is C18H19N3O4S. The van der Waals surface area contributed by atoms with Gasteiger partial charge in [-0.3, -0.25) is 4.72 Å². The van der Waals surface area contributed by atoms with Crippen LogP contribution >= 0.6 is 0 Å². The zero-order chi connectivity index (χ0) is 18.7. The van der Waals surface area contributed by atoms with E-state index in [0.29, 0.717) is 22.9 Å². The summed E-state index contributed by atoms with van der Waals surface area (Å²) in [5.41, 5.74) is 1.49. The maximum atomic E-state index is 12.8. The number of hydrogen-bond donors (Lipinski definition) is 1. The number of sulfonamides is 1. The Bertz CT molecular complexity index is 1010. The largest absolute Gasteiger partial charge is 0.497 e. The van der Waals surface area contributed by atoms with E-state index >= 15 is 0 Å². The molecule has 1 aromatic heterocycles. The van der Waals surface area contributed by atoms with Gasteiger partial charge in [0.1, 0.15) is 16.4 Å². The summed E-state index contributed by atoms with van der Waals surface area (Å²) < 4.78 is 40.1. The summed E-state index contributed by atoms with van der Waals surface area (Å²) in [6.45, 7) is 1.65. The normalized spacial score (nSPS) is 11.2. The molecule has 7 nitrogen and oxygen atoms in total. The number of hydrogen-bond acceptors (Lipinski definition) is 5. The highest BCUT2D eigenvalue weighted by molar-refractivity contribution is 7.92. The monoisotopic (exact) mass is 373 g/mol. The Labute approximate surface area is 152 Å². The predicted octanol–water partition coefficient (Wildman–Crippen LogP) is 3.00. The van der Waals surface area contributed by atoms with Gasteiger partial charge in [0, 0.05) is 6.07 Å². The number of anilines is 1. The fourth-order valence-electron chi connectivity index (χ4n) is 2.50.